The van der Waals surface area contributed by atoms with Crippen LogP contribution < -0.4 is 0 Å². The first-order valence-electron chi connectivity index (χ1n) is 14.5. The molecule has 40 heavy (non-hydrogen) atoms. The van der Waals surface area contributed by atoms with Gasteiger partial charge in [-0.05, 0) is 78.8 Å². The van der Waals surface area contributed by atoms with Gasteiger partial charge >= 0.3 is 6.18 Å². The molecule has 8 heteroatoms. The molecule has 0 spiro atoms. The first kappa shape index (κ1) is 30.9. The van der Waals surface area contributed by atoms with Crippen molar-refractivity contribution in [2.75, 3.05) is 0 Å². The molecule has 0 radical (unpaired) electrons. The summed E-state index contributed by atoms with van der Waals surface area (Å²) < 4.78 is 46.9. The van der Waals surface area contributed by atoms with E-state index in [-0.39, 0.29) is 22.5 Å². The van der Waals surface area contributed by atoms with E-state index in [0.717, 1.165) is 66.9 Å². The maximum Gasteiger partial charge on any atom is 0.433 e. The Bertz CT molecular complexity index is 1280. The summed E-state index contributed by atoms with van der Waals surface area (Å²) in [7, 11) is -2.18. The van der Waals surface area contributed by atoms with Crippen LogP contribution in [-0.4, -0.2) is 23.4 Å². The highest BCUT2D eigenvalue weighted by Crippen LogP contribution is 2.52. The van der Waals surface area contributed by atoms with E-state index in [4.69, 9.17) is 9.41 Å². The van der Waals surface area contributed by atoms with Gasteiger partial charge in [0.15, 0.2) is 8.32 Å². The quantitative estimate of drug-likeness (QED) is 0.349. The van der Waals surface area contributed by atoms with E-state index >= 15 is 0 Å². The van der Waals surface area contributed by atoms with E-state index in [9.17, 15) is 18.3 Å². The molecule has 220 valence electrons. The van der Waals surface area contributed by atoms with Crippen LogP contribution in [0.15, 0.2) is 24.4 Å². The zero-order chi connectivity index (χ0) is 29.8. The molecule has 0 saturated carbocycles. The van der Waals surface area contributed by atoms with Crippen molar-refractivity contribution in [3.63, 3.8) is 0 Å². The van der Waals surface area contributed by atoms with Crippen LogP contribution in [0.5, 0.6) is 0 Å². The molecule has 2 aromatic rings. The second-order valence-corrected chi connectivity index (χ2v) is 19.0. The molecule has 0 saturated heterocycles. The highest BCUT2D eigenvalue weighted by atomic mass is 28.4. The predicted octanol–water partition coefficient (Wildman–Crippen LogP) is 9.30. The maximum absolute atomic E-state index is 13.2. The van der Waals surface area contributed by atoms with Crippen LogP contribution in [0.2, 0.25) is 18.1 Å². The number of fused-ring (bicyclic) bond motifs is 1. The van der Waals surface area contributed by atoms with Gasteiger partial charge in [0.25, 0.3) is 0 Å². The Hall–Kier alpha value is -2.03. The van der Waals surface area contributed by atoms with Crippen LogP contribution in [0.4, 0.5) is 13.2 Å². The Balaban J connectivity index is 1.99. The number of alkyl halides is 3. The van der Waals surface area contributed by atoms with Crippen molar-refractivity contribution in [3.8, 4) is 0 Å². The van der Waals surface area contributed by atoms with Gasteiger partial charge in [-0.3, -0.25) is 9.97 Å². The Morgan fingerprint density at radius 2 is 1.80 bits per heavy atom. The van der Waals surface area contributed by atoms with Gasteiger partial charge in [-0.2, -0.15) is 13.2 Å². The minimum absolute atomic E-state index is 0.00269. The lowest BCUT2D eigenvalue weighted by molar-refractivity contribution is -0.141. The van der Waals surface area contributed by atoms with Crippen molar-refractivity contribution in [1.29, 1.82) is 0 Å². The average molecular weight is 575 g/mol. The number of aromatic nitrogens is 2. The number of halogens is 3. The zero-order valence-corrected chi connectivity index (χ0v) is 26.5. The Morgan fingerprint density at radius 1 is 1.12 bits per heavy atom. The van der Waals surface area contributed by atoms with Crippen molar-refractivity contribution in [2.45, 2.75) is 123 Å². The Labute approximate surface area is 238 Å². The highest BCUT2D eigenvalue weighted by Gasteiger charge is 2.45. The number of hydrogen-bond donors (Lipinski definition) is 1. The SMILES string of the molecule is CC(C)c1nc2c(c(C3=CCCC3)c1[C@@H](O)c1ccc(C(F)(F)F)nc1)[C@@H](O[Si](C)(C)C(C)(C)C)CC(C)(C)C2. The molecule has 0 unspecified atom stereocenters. The van der Waals surface area contributed by atoms with Gasteiger partial charge in [0, 0.05) is 34.3 Å². The largest absolute Gasteiger partial charge is 0.433 e. The smallest absolute Gasteiger partial charge is 0.410 e. The van der Waals surface area contributed by atoms with Crippen LogP contribution in [0.1, 0.15) is 132 Å². The predicted molar refractivity (Wildman–Crippen MR) is 157 cm³/mol. The molecule has 1 N–H and O–H groups in total. The molecular weight excluding hydrogens is 529 g/mol. The van der Waals surface area contributed by atoms with E-state index in [1.54, 1.807) is 0 Å². The number of nitrogens with zero attached hydrogens (tertiary/aromatic N) is 2. The molecule has 2 atom stereocenters. The summed E-state index contributed by atoms with van der Waals surface area (Å²) in [5, 5.41) is 11.9. The fourth-order valence-electron chi connectivity index (χ4n) is 5.79. The highest BCUT2D eigenvalue weighted by molar-refractivity contribution is 6.74. The van der Waals surface area contributed by atoms with E-state index in [2.05, 4.69) is 72.6 Å². The topological polar surface area (TPSA) is 55.2 Å². The maximum atomic E-state index is 13.2. The second-order valence-electron chi connectivity index (χ2n) is 14.2. The van der Waals surface area contributed by atoms with Crippen LogP contribution in [0.3, 0.4) is 0 Å². The molecule has 2 aliphatic carbocycles. The standard InChI is InChI=1S/C32H45F3N2O2Si/c1-19(2)28-27(29(38)21-14-15-24(36-18-21)32(33,34)35)25(20-12-10-11-13-20)26-22(37-28)16-31(6,7)17-23(26)39-40(8,9)30(3,4)5/h12,14-15,18-19,23,29,38H,10-11,13,16-17H2,1-9H3/t23-,29-/m0/s1. The molecule has 4 rings (SSSR count). The minimum Gasteiger partial charge on any atom is -0.410 e. The number of aliphatic hydroxyl groups excluding tert-OH is 1. The first-order chi connectivity index (χ1) is 18.3. The fourth-order valence-corrected chi connectivity index (χ4v) is 7.06. The van der Waals surface area contributed by atoms with Crippen molar-refractivity contribution in [3.05, 3.63) is 63.7 Å². The lowest BCUT2D eigenvalue weighted by Gasteiger charge is -2.45. The molecule has 0 amide bonds. The van der Waals surface area contributed by atoms with Crippen LogP contribution >= 0.6 is 0 Å². The molecule has 0 fully saturated rings. The van der Waals surface area contributed by atoms with Crippen LogP contribution in [0.25, 0.3) is 5.57 Å². The van der Waals surface area contributed by atoms with Crippen LogP contribution in [0, 0.1) is 5.41 Å². The minimum atomic E-state index is -4.54. The van der Waals surface area contributed by atoms with E-state index in [1.165, 1.54) is 11.6 Å². The molecule has 0 bridgehead atoms. The summed E-state index contributed by atoms with van der Waals surface area (Å²) in [6.45, 7) is 19.9. The third-order valence-electron chi connectivity index (χ3n) is 8.90. The molecule has 2 heterocycles. The summed E-state index contributed by atoms with van der Waals surface area (Å²) in [5.74, 6) is 0.00269. The third-order valence-corrected chi connectivity index (χ3v) is 13.4. The van der Waals surface area contributed by atoms with Gasteiger partial charge in [-0.1, -0.05) is 60.6 Å². The molecule has 0 aliphatic heterocycles. The van der Waals surface area contributed by atoms with Gasteiger partial charge in [-0.15, -0.1) is 0 Å². The van der Waals surface area contributed by atoms with E-state index in [0.29, 0.717) is 11.1 Å². The third kappa shape index (κ3) is 6.09. The van der Waals surface area contributed by atoms with Gasteiger partial charge in [-0.25, -0.2) is 0 Å². The monoisotopic (exact) mass is 574 g/mol. The number of allylic oxidation sites excluding steroid dienone is 2. The van der Waals surface area contributed by atoms with Gasteiger partial charge in [0.1, 0.15) is 11.8 Å². The fraction of sp³-hybridized carbons (Fsp3) is 0.625. The average Bonchev–Trinajstić information content (AvgIpc) is 3.35. The van der Waals surface area contributed by atoms with Crippen molar-refractivity contribution >= 4 is 13.9 Å². The number of hydrogen-bond acceptors (Lipinski definition) is 4. The molecule has 2 aromatic heterocycles. The summed E-state index contributed by atoms with van der Waals surface area (Å²) in [4.78, 5) is 8.89. The lowest BCUT2D eigenvalue weighted by Crippen LogP contribution is -2.44. The van der Waals surface area contributed by atoms with Gasteiger partial charge < -0.3 is 9.53 Å². The van der Waals surface area contributed by atoms with Crippen molar-refractivity contribution in [2.24, 2.45) is 5.41 Å². The van der Waals surface area contributed by atoms with E-state index < -0.39 is 26.3 Å². The van der Waals surface area contributed by atoms with Gasteiger partial charge in [0.2, 0.25) is 0 Å². The molecule has 2 aliphatic rings. The summed E-state index contributed by atoms with van der Waals surface area (Å²) in [6, 6.07) is 2.28. The molecular formula is C32H45F3N2O2Si. The lowest BCUT2D eigenvalue weighted by atomic mass is 9.71. The normalized spacial score (nSPS) is 20.4. The molecule has 0 aromatic carbocycles. The van der Waals surface area contributed by atoms with Crippen LogP contribution in [-0.2, 0) is 17.0 Å². The molecule has 4 nitrogen and oxygen atoms in total. The zero-order valence-electron chi connectivity index (χ0n) is 25.5. The van der Waals surface area contributed by atoms with Crippen molar-refractivity contribution < 1.29 is 22.7 Å². The summed E-state index contributed by atoms with van der Waals surface area (Å²) in [5.41, 5.74) is 5.08. The Morgan fingerprint density at radius 3 is 2.30 bits per heavy atom. The second kappa shape index (κ2) is 10.7. The Kier molecular flexibility index (Phi) is 8.24. The number of aliphatic hydroxyl groups is 1. The van der Waals surface area contributed by atoms with Crippen molar-refractivity contribution in [1.82, 2.24) is 9.97 Å². The first-order valence-corrected chi connectivity index (χ1v) is 17.4. The number of pyridine rings is 2. The summed E-state index contributed by atoms with van der Waals surface area (Å²) >= 11 is 0. The van der Waals surface area contributed by atoms with Gasteiger partial charge in [0.05, 0.1) is 6.10 Å². The number of rotatable bonds is 6. The van der Waals surface area contributed by atoms with E-state index in [1.807, 2.05) is 0 Å². The summed E-state index contributed by atoms with van der Waals surface area (Å²) in [6.07, 6.45) is 2.04.